The van der Waals surface area contributed by atoms with Crippen molar-refractivity contribution in [3.8, 4) is 11.1 Å². The Balaban J connectivity index is 1.69. The molecular formula is C37H29Cl. The summed E-state index contributed by atoms with van der Waals surface area (Å²) in [6.07, 6.45) is 0. The van der Waals surface area contributed by atoms with Crippen molar-refractivity contribution >= 4 is 28.3 Å². The van der Waals surface area contributed by atoms with Crippen molar-refractivity contribution in [1.29, 1.82) is 0 Å². The van der Waals surface area contributed by atoms with Crippen LogP contribution in [0.1, 0.15) is 47.6 Å². The molecule has 38 heavy (non-hydrogen) atoms. The van der Waals surface area contributed by atoms with Gasteiger partial charge in [-0.05, 0) is 87.2 Å². The van der Waals surface area contributed by atoms with Crippen molar-refractivity contribution in [2.45, 2.75) is 19.8 Å². The molecule has 5 aromatic carbocycles. The molecule has 1 heteroatoms. The van der Waals surface area contributed by atoms with Crippen molar-refractivity contribution in [1.82, 2.24) is 0 Å². The van der Waals surface area contributed by atoms with Crippen LogP contribution in [0, 0.1) is 0 Å². The van der Waals surface area contributed by atoms with E-state index in [4.69, 9.17) is 11.6 Å². The first-order valence-corrected chi connectivity index (χ1v) is 13.5. The molecule has 1 aliphatic carbocycles. The third-order valence-electron chi connectivity index (χ3n) is 7.72. The molecule has 1 atom stereocenters. The third kappa shape index (κ3) is 4.32. The van der Waals surface area contributed by atoms with Crippen molar-refractivity contribution in [2.75, 3.05) is 0 Å². The number of fused-ring (bicyclic) bond motifs is 1. The highest BCUT2D eigenvalue weighted by Crippen LogP contribution is 2.55. The summed E-state index contributed by atoms with van der Waals surface area (Å²) in [4.78, 5) is 0. The maximum absolute atomic E-state index is 6.26. The van der Waals surface area contributed by atoms with Gasteiger partial charge < -0.3 is 0 Å². The molecule has 0 saturated heterocycles. The lowest BCUT2D eigenvalue weighted by molar-refractivity contribution is 1.02. The van der Waals surface area contributed by atoms with Crippen LogP contribution in [0.5, 0.6) is 0 Å². The largest absolute Gasteiger partial charge is 0.0843 e. The van der Waals surface area contributed by atoms with Gasteiger partial charge in [-0.2, -0.15) is 0 Å². The van der Waals surface area contributed by atoms with E-state index in [1.807, 2.05) is 12.1 Å². The molecule has 0 aromatic heterocycles. The normalized spacial score (nSPS) is 17.2. The summed E-state index contributed by atoms with van der Waals surface area (Å²) in [5.41, 5.74) is 14.2. The van der Waals surface area contributed by atoms with Crippen LogP contribution in [0.4, 0.5) is 0 Å². The van der Waals surface area contributed by atoms with E-state index < -0.39 is 0 Å². The summed E-state index contributed by atoms with van der Waals surface area (Å²) in [5.74, 6) is 0.104. The molecule has 0 aliphatic heterocycles. The maximum atomic E-state index is 6.26. The second-order valence-electron chi connectivity index (χ2n) is 9.89. The van der Waals surface area contributed by atoms with E-state index in [1.54, 1.807) is 0 Å². The molecule has 1 unspecified atom stereocenters. The lowest BCUT2D eigenvalue weighted by Crippen LogP contribution is -2.04. The molecule has 1 aliphatic rings. The van der Waals surface area contributed by atoms with E-state index in [2.05, 4.69) is 135 Å². The van der Waals surface area contributed by atoms with Crippen LogP contribution in [0.15, 0.2) is 139 Å². The van der Waals surface area contributed by atoms with Crippen LogP contribution in [0.2, 0.25) is 5.02 Å². The molecule has 0 fully saturated rings. The van der Waals surface area contributed by atoms with E-state index >= 15 is 0 Å². The Labute approximate surface area is 230 Å². The Morgan fingerprint density at radius 1 is 0.500 bits per heavy atom. The molecule has 184 valence electrons. The molecule has 0 amide bonds. The van der Waals surface area contributed by atoms with Gasteiger partial charge >= 0.3 is 0 Å². The van der Waals surface area contributed by atoms with Crippen molar-refractivity contribution < 1.29 is 0 Å². The molecular weight excluding hydrogens is 480 g/mol. The zero-order valence-corrected chi connectivity index (χ0v) is 22.4. The fraction of sp³-hybridized carbons (Fsp3) is 0.0811. The summed E-state index contributed by atoms with van der Waals surface area (Å²) in [6, 6.07) is 47.6. The van der Waals surface area contributed by atoms with Gasteiger partial charge in [0.2, 0.25) is 0 Å². The van der Waals surface area contributed by atoms with Crippen LogP contribution in [-0.2, 0) is 0 Å². The first-order chi connectivity index (χ1) is 18.6. The van der Waals surface area contributed by atoms with Gasteiger partial charge in [0.15, 0.2) is 0 Å². The van der Waals surface area contributed by atoms with E-state index in [0.717, 1.165) is 5.02 Å². The molecule has 0 saturated carbocycles. The summed E-state index contributed by atoms with van der Waals surface area (Å²) >= 11 is 6.26. The minimum Gasteiger partial charge on any atom is -0.0843 e. The van der Waals surface area contributed by atoms with E-state index in [0.29, 0.717) is 0 Å². The van der Waals surface area contributed by atoms with Gasteiger partial charge in [0.25, 0.3) is 0 Å². The number of halogens is 1. The zero-order chi connectivity index (χ0) is 26.1. The molecule has 0 N–H and O–H groups in total. The van der Waals surface area contributed by atoms with Crippen LogP contribution < -0.4 is 0 Å². The van der Waals surface area contributed by atoms with Gasteiger partial charge in [0.1, 0.15) is 0 Å². The molecule has 6 rings (SSSR count). The predicted molar refractivity (Wildman–Crippen MR) is 163 cm³/mol. The summed E-state index contributed by atoms with van der Waals surface area (Å²) in [6.45, 7) is 4.56. The standard InChI is InChI=1S/C37H29Cl/c1-25(27-13-5-3-6-14-27)35-33-19-11-12-20-34(33)37(36(35)26(2)28-15-7-4-8-16-28)32-18-10-9-17-31(32)29-21-23-30(38)24-22-29/h3-24,37H,1-2H3/b35-25+,36-26-. The third-order valence-corrected chi connectivity index (χ3v) is 7.97. The average molecular weight is 509 g/mol. The lowest BCUT2D eigenvalue weighted by Gasteiger charge is -2.22. The SMILES string of the molecule is C/C(=C1\C(=C(/C)c2ccccc2)C(c2ccccc2-c2ccc(Cl)cc2)c2ccccc21)c1ccccc1. The lowest BCUT2D eigenvalue weighted by atomic mass is 9.80. The van der Waals surface area contributed by atoms with E-state index in [-0.39, 0.29) is 5.92 Å². The van der Waals surface area contributed by atoms with Gasteiger partial charge in [0.05, 0.1) is 0 Å². The highest BCUT2D eigenvalue weighted by molar-refractivity contribution is 6.30. The number of benzene rings is 5. The maximum Gasteiger partial charge on any atom is 0.0406 e. The molecule has 5 aromatic rings. The molecule has 0 heterocycles. The van der Waals surface area contributed by atoms with Crippen molar-refractivity contribution in [3.05, 3.63) is 172 Å². The number of hydrogen-bond acceptors (Lipinski definition) is 0. The first-order valence-electron chi connectivity index (χ1n) is 13.1. The smallest absolute Gasteiger partial charge is 0.0406 e. The Bertz CT molecular complexity index is 1660. The number of rotatable bonds is 4. The zero-order valence-electron chi connectivity index (χ0n) is 21.7. The van der Waals surface area contributed by atoms with Crippen LogP contribution in [-0.4, -0.2) is 0 Å². The van der Waals surface area contributed by atoms with Crippen LogP contribution in [0.3, 0.4) is 0 Å². The predicted octanol–water partition coefficient (Wildman–Crippen LogP) is 10.6. The summed E-state index contributed by atoms with van der Waals surface area (Å²) in [7, 11) is 0. The van der Waals surface area contributed by atoms with Gasteiger partial charge in [-0.15, -0.1) is 0 Å². The average Bonchev–Trinajstić information content (AvgIpc) is 3.33. The number of allylic oxidation sites excluding steroid dienone is 4. The fourth-order valence-electron chi connectivity index (χ4n) is 5.87. The van der Waals surface area contributed by atoms with E-state index in [1.165, 1.54) is 61.2 Å². The fourth-order valence-corrected chi connectivity index (χ4v) is 6.00. The quantitative estimate of drug-likeness (QED) is 0.226. The molecule has 0 nitrogen and oxygen atoms in total. The summed E-state index contributed by atoms with van der Waals surface area (Å²) < 4.78 is 0. The van der Waals surface area contributed by atoms with Crippen LogP contribution >= 0.6 is 11.6 Å². The minimum absolute atomic E-state index is 0.104. The summed E-state index contributed by atoms with van der Waals surface area (Å²) in [5, 5.41) is 0.752. The Hall–Kier alpha value is -4.13. The molecule has 0 spiro atoms. The highest BCUT2D eigenvalue weighted by Gasteiger charge is 2.36. The second kappa shape index (κ2) is 10.3. The Morgan fingerprint density at radius 3 is 1.58 bits per heavy atom. The monoisotopic (exact) mass is 508 g/mol. The molecule has 0 radical (unpaired) electrons. The van der Waals surface area contributed by atoms with Gasteiger partial charge in [0, 0.05) is 10.9 Å². The van der Waals surface area contributed by atoms with E-state index in [9.17, 15) is 0 Å². The first kappa shape index (κ1) is 24.2. The number of hydrogen-bond donors (Lipinski definition) is 0. The Kier molecular flexibility index (Phi) is 6.58. The molecule has 0 bridgehead atoms. The van der Waals surface area contributed by atoms with Gasteiger partial charge in [-0.3, -0.25) is 0 Å². The van der Waals surface area contributed by atoms with Gasteiger partial charge in [-0.1, -0.05) is 133 Å². The second-order valence-corrected chi connectivity index (χ2v) is 10.3. The highest BCUT2D eigenvalue weighted by atomic mass is 35.5. The van der Waals surface area contributed by atoms with Crippen LogP contribution in [0.25, 0.3) is 27.8 Å². The minimum atomic E-state index is 0.104. The van der Waals surface area contributed by atoms with Gasteiger partial charge in [-0.25, -0.2) is 0 Å². The van der Waals surface area contributed by atoms with Crippen molar-refractivity contribution in [2.24, 2.45) is 0 Å². The van der Waals surface area contributed by atoms with Crippen molar-refractivity contribution in [3.63, 3.8) is 0 Å². The topological polar surface area (TPSA) is 0 Å². The Morgan fingerprint density at radius 2 is 0.974 bits per heavy atom.